The highest BCUT2D eigenvalue weighted by Crippen LogP contribution is 2.30. The molecule has 0 saturated heterocycles. The van der Waals surface area contributed by atoms with Gasteiger partial charge in [-0.05, 0) is 19.1 Å². The Morgan fingerprint density at radius 3 is 2.77 bits per heavy atom. The van der Waals surface area contributed by atoms with Gasteiger partial charge in [-0.15, -0.1) is 0 Å². The van der Waals surface area contributed by atoms with E-state index in [0.717, 1.165) is 11.3 Å². The Bertz CT molecular complexity index is 1260. The molecule has 0 spiro atoms. The van der Waals surface area contributed by atoms with Gasteiger partial charge in [0, 0.05) is 43.7 Å². The number of nitrogens with two attached hydrogens (primary N) is 1. The zero-order valence-corrected chi connectivity index (χ0v) is 16.9. The maximum absolute atomic E-state index is 12.7. The summed E-state index contributed by atoms with van der Waals surface area (Å²) in [5.74, 6) is -0.574. The Labute approximate surface area is 176 Å². The fraction of sp³-hybridized carbons (Fsp3) is 0.200. The van der Waals surface area contributed by atoms with Crippen LogP contribution in [0.3, 0.4) is 0 Å². The van der Waals surface area contributed by atoms with Crippen LogP contribution in [0.2, 0.25) is 0 Å². The number of hydrogen-bond donors (Lipinski definition) is 3. The highest BCUT2D eigenvalue weighted by molar-refractivity contribution is 5.98. The van der Waals surface area contributed by atoms with Crippen molar-refractivity contribution in [2.75, 3.05) is 19.3 Å². The van der Waals surface area contributed by atoms with Gasteiger partial charge < -0.3 is 25.2 Å². The molecule has 4 rings (SSSR count). The van der Waals surface area contributed by atoms with Crippen LogP contribution in [-0.4, -0.2) is 49.7 Å². The highest BCUT2D eigenvalue weighted by atomic mass is 16.3. The third-order valence-corrected chi connectivity index (χ3v) is 4.65. The molecule has 4 N–H and O–H groups in total. The van der Waals surface area contributed by atoms with Crippen LogP contribution in [0.25, 0.3) is 28.5 Å². The second kappa shape index (κ2) is 8.22. The van der Waals surface area contributed by atoms with Crippen LogP contribution in [0.4, 0.5) is 5.82 Å². The molecule has 158 valence electrons. The molecule has 0 atom stereocenters. The number of carbonyl (C=O) groups excluding carboxylic acids is 2. The van der Waals surface area contributed by atoms with Gasteiger partial charge in [-0.2, -0.15) is 0 Å². The number of aryl methyl sites for hydroxylation is 1. The molecule has 0 aliphatic heterocycles. The maximum Gasteiger partial charge on any atom is 0.273 e. The van der Waals surface area contributed by atoms with E-state index in [0.29, 0.717) is 17.0 Å². The predicted molar refractivity (Wildman–Crippen MR) is 112 cm³/mol. The smallest absolute Gasteiger partial charge is 0.273 e. The van der Waals surface area contributed by atoms with E-state index in [1.807, 2.05) is 29.7 Å². The fourth-order valence-corrected chi connectivity index (χ4v) is 3.05. The highest BCUT2D eigenvalue weighted by Gasteiger charge is 2.22. The van der Waals surface area contributed by atoms with Gasteiger partial charge in [0.1, 0.15) is 17.6 Å². The monoisotopic (exact) mass is 420 g/mol. The molecule has 11 nitrogen and oxygen atoms in total. The number of fused-ring (bicyclic) bond motifs is 1. The predicted octanol–water partition coefficient (Wildman–Crippen LogP) is 1.20. The average molecular weight is 420 g/mol. The van der Waals surface area contributed by atoms with E-state index in [1.165, 1.54) is 19.5 Å². The number of nitrogens with zero attached hydrogens (tertiary/aromatic N) is 5. The van der Waals surface area contributed by atoms with E-state index >= 15 is 0 Å². The Balaban J connectivity index is 1.77. The van der Waals surface area contributed by atoms with Gasteiger partial charge in [0.25, 0.3) is 5.91 Å². The second-order valence-electron chi connectivity index (χ2n) is 6.72. The molecule has 11 heteroatoms. The fourth-order valence-electron chi connectivity index (χ4n) is 3.05. The molecular weight excluding hydrogens is 400 g/mol. The van der Waals surface area contributed by atoms with Crippen LogP contribution in [-0.2, 0) is 4.79 Å². The summed E-state index contributed by atoms with van der Waals surface area (Å²) in [4.78, 5) is 41.4. The lowest BCUT2D eigenvalue weighted by atomic mass is 10.1. The molecule has 4 aromatic rings. The number of anilines is 1. The van der Waals surface area contributed by atoms with Crippen LogP contribution in [0, 0.1) is 6.92 Å². The number of carbonyl (C=O) groups is 2. The van der Waals surface area contributed by atoms with Gasteiger partial charge in [0.15, 0.2) is 17.2 Å². The van der Waals surface area contributed by atoms with Gasteiger partial charge >= 0.3 is 0 Å². The van der Waals surface area contributed by atoms with E-state index in [9.17, 15) is 9.59 Å². The van der Waals surface area contributed by atoms with Crippen molar-refractivity contribution in [3.8, 4) is 22.8 Å². The third-order valence-electron chi connectivity index (χ3n) is 4.65. The van der Waals surface area contributed by atoms with E-state index in [4.69, 9.17) is 10.2 Å². The molecule has 4 aromatic heterocycles. The number of aromatic nitrogens is 5. The summed E-state index contributed by atoms with van der Waals surface area (Å²) in [6.07, 6.45) is 6.64. The van der Waals surface area contributed by atoms with Crippen molar-refractivity contribution in [2.45, 2.75) is 13.3 Å². The molecule has 31 heavy (non-hydrogen) atoms. The summed E-state index contributed by atoms with van der Waals surface area (Å²) in [7, 11) is 1.53. The third kappa shape index (κ3) is 3.92. The molecular formula is C20H20N8O3. The Morgan fingerprint density at radius 2 is 2.03 bits per heavy atom. The number of nitrogens with one attached hydrogen (secondary N) is 2. The lowest BCUT2D eigenvalue weighted by molar-refractivity contribution is -0.120. The van der Waals surface area contributed by atoms with Crippen LogP contribution >= 0.6 is 0 Å². The first kappa shape index (κ1) is 20.0. The number of nitrogen functional groups attached to an aromatic ring is 1. The molecule has 4 heterocycles. The number of pyridine rings is 1. The number of rotatable bonds is 6. The molecule has 0 unspecified atom stereocenters. The summed E-state index contributed by atoms with van der Waals surface area (Å²) in [5.41, 5.74) is 9.05. The quantitative estimate of drug-likeness (QED) is 0.420. The molecule has 0 fully saturated rings. The van der Waals surface area contributed by atoms with Crippen molar-refractivity contribution in [1.82, 2.24) is 35.0 Å². The van der Waals surface area contributed by atoms with Gasteiger partial charge in [-0.3, -0.25) is 9.59 Å². The SMILES string of the molecule is CNC(=O)CCNC(=O)c1nc(-c2ccc3ncc(C)n3c2)c(-c2ncco2)nc1N. The van der Waals surface area contributed by atoms with Crippen molar-refractivity contribution in [3.63, 3.8) is 0 Å². The summed E-state index contributed by atoms with van der Waals surface area (Å²) in [6, 6.07) is 3.66. The van der Waals surface area contributed by atoms with Crippen LogP contribution < -0.4 is 16.4 Å². The van der Waals surface area contributed by atoms with Gasteiger partial charge in [-0.1, -0.05) is 0 Å². The molecule has 2 amide bonds. The first-order valence-corrected chi connectivity index (χ1v) is 9.48. The van der Waals surface area contributed by atoms with E-state index in [1.54, 1.807) is 6.20 Å². The minimum atomic E-state index is -0.533. The van der Waals surface area contributed by atoms with Crippen LogP contribution in [0.5, 0.6) is 0 Å². The van der Waals surface area contributed by atoms with Crippen molar-refractivity contribution in [3.05, 3.63) is 48.4 Å². The number of imidazole rings is 1. The lowest BCUT2D eigenvalue weighted by Crippen LogP contribution is -2.30. The lowest BCUT2D eigenvalue weighted by Gasteiger charge is -2.12. The summed E-state index contributed by atoms with van der Waals surface area (Å²) in [5, 5.41) is 5.13. The van der Waals surface area contributed by atoms with E-state index in [-0.39, 0.29) is 36.3 Å². The maximum atomic E-state index is 12.7. The number of hydrogen-bond acceptors (Lipinski definition) is 8. The summed E-state index contributed by atoms with van der Waals surface area (Å²) < 4.78 is 7.30. The standard InChI is InChI=1S/C20H20N8O3/c1-11-9-25-13-4-3-12(10-28(11)13)15-16(20-24-7-8-31-20)27-18(21)17(26-15)19(30)23-6-5-14(29)22-2/h3-4,7-10H,5-6H2,1-2H3,(H2,21,27)(H,22,29)(H,23,30). The molecule has 0 saturated carbocycles. The minimum absolute atomic E-state index is 0.0512. The van der Waals surface area contributed by atoms with Gasteiger partial charge in [-0.25, -0.2) is 19.9 Å². The van der Waals surface area contributed by atoms with Crippen molar-refractivity contribution in [2.24, 2.45) is 0 Å². The summed E-state index contributed by atoms with van der Waals surface area (Å²) in [6.45, 7) is 2.06. The Kier molecular flexibility index (Phi) is 5.31. The molecule has 0 bridgehead atoms. The zero-order chi connectivity index (χ0) is 22.0. The minimum Gasteiger partial charge on any atom is -0.443 e. The normalized spacial score (nSPS) is 10.9. The molecule has 0 aliphatic rings. The van der Waals surface area contributed by atoms with Gasteiger partial charge in [0.05, 0.1) is 6.20 Å². The molecule has 0 radical (unpaired) electrons. The van der Waals surface area contributed by atoms with Crippen LogP contribution in [0.15, 0.2) is 41.4 Å². The van der Waals surface area contributed by atoms with Crippen LogP contribution in [0.1, 0.15) is 22.6 Å². The first-order valence-electron chi connectivity index (χ1n) is 9.48. The topological polar surface area (TPSA) is 153 Å². The zero-order valence-electron chi connectivity index (χ0n) is 16.9. The van der Waals surface area contributed by atoms with E-state index < -0.39 is 5.91 Å². The second-order valence-corrected chi connectivity index (χ2v) is 6.72. The molecule has 0 aromatic carbocycles. The number of oxazole rings is 1. The number of amides is 2. The largest absolute Gasteiger partial charge is 0.443 e. The molecule has 0 aliphatic carbocycles. The van der Waals surface area contributed by atoms with Crippen molar-refractivity contribution < 1.29 is 14.0 Å². The first-order chi connectivity index (χ1) is 15.0. The van der Waals surface area contributed by atoms with Crippen molar-refractivity contribution >= 4 is 23.3 Å². The van der Waals surface area contributed by atoms with E-state index in [2.05, 4.69) is 30.6 Å². The Morgan fingerprint density at radius 1 is 1.19 bits per heavy atom. The van der Waals surface area contributed by atoms with Crippen molar-refractivity contribution in [1.29, 1.82) is 0 Å². The average Bonchev–Trinajstić information content (AvgIpc) is 3.43. The van der Waals surface area contributed by atoms with Gasteiger partial charge in [0.2, 0.25) is 11.8 Å². The summed E-state index contributed by atoms with van der Waals surface area (Å²) >= 11 is 0. The Hall–Kier alpha value is -4.28.